The van der Waals surface area contributed by atoms with E-state index in [0.29, 0.717) is 15.9 Å². The molecule has 2 aromatic rings. The first-order valence-corrected chi connectivity index (χ1v) is 6.28. The van der Waals surface area contributed by atoms with Crippen LogP contribution in [0.4, 0.5) is 5.82 Å². The van der Waals surface area contributed by atoms with E-state index < -0.39 is 0 Å². The van der Waals surface area contributed by atoms with Crippen LogP contribution in [-0.4, -0.2) is 9.97 Å². The number of aromatic nitrogens is 2. The monoisotopic (exact) mass is 341 g/mol. The predicted molar refractivity (Wildman–Crippen MR) is 76.1 cm³/mol. The SMILES string of the molecule is Cc1ccccc1CNc1nc[nH]c(=O)c1I. The van der Waals surface area contributed by atoms with Gasteiger partial charge in [-0.3, -0.25) is 4.79 Å². The second-order valence-corrected chi connectivity index (χ2v) is 4.75. The number of anilines is 1. The highest BCUT2D eigenvalue weighted by Gasteiger charge is 2.04. The van der Waals surface area contributed by atoms with Gasteiger partial charge in [-0.2, -0.15) is 0 Å². The molecular formula is C12H12IN3O. The van der Waals surface area contributed by atoms with Crippen molar-refractivity contribution < 1.29 is 0 Å². The van der Waals surface area contributed by atoms with Gasteiger partial charge in [-0.1, -0.05) is 24.3 Å². The first kappa shape index (κ1) is 12.1. The summed E-state index contributed by atoms with van der Waals surface area (Å²) in [6.07, 6.45) is 1.41. The summed E-state index contributed by atoms with van der Waals surface area (Å²) in [5.41, 5.74) is 2.30. The highest BCUT2D eigenvalue weighted by molar-refractivity contribution is 14.1. The second-order valence-electron chi connectivity index (χ2n) is 3.67. The number of H-pyrrole nitrogens is 1. The van der Waals surface area contributed by atoms with Crippen LogP contribution in [0, 0.1) is 10.5 Å². The number of rotatable bonds is 3. The zero-order valence-electron chi connectivity index (χ0n) is 9.33. The average Bonchev–Trinajstić information content (AvgIpc) is 2.33. The van der Waals surface area contributed by atoms with Gasteiger partial charge in [0, 0.05) is 6.54 Å². The van der Waals surface area contributed by atoms with Gasteiger partial charge in [0.1, 0.15) is 9.39 Å². The maximum absolute atomic E-state index is 11.4. The second kappa shape index (κ2) is 5.31. The van der Waals surface area contributed by atoms with Gasteiger partial charge >= 0.3 is 0 Å². The van der Waals surface area contributed by atoms with E-state index >= 15 is 0 Å². The van der Waals surface area contributed by atoms with Gasteiger partial charge in [-0.05, 0) is 40.6 Å². The summed E-state index contributed by atoms with van der Waals surface area (Å²) < 4.78 is 0.582. The Labute approximate surface area is 113 Å². The van der Waals surface area contributed by atoms with Crippen LogP contribution in [0.2, 0.25) is 0 Å². The van der Waals surface area contributed by atoms with Gasteiger partial charge in [-0.25, -0.2) is 4.98 Å². The summed E-state index contributed by atoms with van der Waals surface area (Å²) in [4.78, 5) is 18.0. The smallest absolute Gasteiger partial charge is 0.266 e. The molecule has 88 valence electrons. The fourth-order valence-corrected chi connectivity index (χ4v) is 1.98. The van der Waals surface area contributed by atoms with E-state index in [0.717, 1.165) is 0 Å². The Balaban J connectivity index is 2.16. The molecule has 0 amide bonds. The molecule has 0 aliphatic rings. The van der Waals surface area contributed by atoms with E-state index in [2.05, 4.69) is 34.3 Å². The van der Waals surface area contributed by atoms with Gasteiger partial charge in [0.2, 0.25) is 0 Å². The van der Waals surface area contributed by atoms with Crippen LogP contribution < -0.4 is 10.9 Å². The van der Waals surface area contributed by atoms with Gasteiger partial charge in [-0.15, -0.1) is 0 Å². The van der Waals surface area contributed by atoms with Crippen LogP contribution in [0.5, 0.6) is 0 Å². The summed E-state index contributed by atoms with van der Waals surface area (Å²) in [5.74, 6) is 0.623. The van der Waals surface area contributed by atoms with Gasteiger partial charge in [0.05, 0.1) is 6.33 Å². The summed E-state index contributed by atoms with van der Waals surface area (Å²) in [7, 11) is 0. The molecule has 0 atom stereocenters. The third-order valence-electron chi connectivity index (χ3n) is 2.50. The third-order valence-corrected chi connectivity index (χ3v) is 3.50. The Morgan fingerprint density at radius 3 is 2.94 bits per heavy atom. The van der Waals surface area contributed by atoms with Crippen molar-refractivity contribution in [2.45, 2.75) is 13.5 Å². The summed E-state index contributed by atoms with van der Waals surface area (Å²) in [5, 5.41) is 3.17. The molecule has 0 aliphatic carbocycles. The molecule has 0 saturated carbocycles. The lowest BCUT2D eigenvalue weighted by Gasteiger charge is -2.08. The molecule has 2 rings (SSSR count). The lowest BCUT2D eigenvalue weighted by atomic mass is 10.1. The minimum atomic E-state index is -0.118. The van der Waals surface area contributed by atoms with Crippen molar-refractivity contribution in [3.8, 4) is 0 Å². The first-order chi connectivity index (χ1) is 8.18. The number of nitrogens with zero attached hydrogens (tertiary/aromatic N) is 1. The zero-order chi connectivity index (χ0) is 12.3. The topological polar surface area (TPSA) is 57.8 Å². The van der Waals surface area contributed by atoms with Crippen LogP contribution in [0.15, 0.2) is 35.4 Å². The molecule has 5 heteroatoms. The fourth-order valence-electron chi connectivity index (χ4n) is 1.49. The minimum Gasteiger partial charge on any atom is -0.365 e. The van der Waals surface area contributed by atoms with E-state index in [1.54, 1.807) is 0 Å². The average molecular weight is 341 g/mol. The van der Waals surface area contributed by atoms with E-state index in [-0.39, 0.29) is 5.56 Å². The number of hydrogen-bond acceptors (Lipinski definition) is 3. The van der Waals surface area contributed by atoms with Gasteiger partial charge in [0.15, 0.2) is 0 Å². The van der Waals surface area contributed by atoms with E-state index in [1.165, 1.54) is 17.5 Å². The summed E-state index contributed by atoms with van der Waals surface area (Å²) in [6.45, 7) is 2.73. The largest absolute Gasteiger partial charge is 0.365 e. The maximum Gasteiger partial charge on any atom is 0.266 e. The maximum atomic E-state index is 11.4. The van der Waals surface area contributed by atoms with Crippen molar-refractivity contribution >= 4 is 28.4 Å². The number of aromatic amines is 1. The Bertz CT molecular complexity index is 580. The minimum absolute atomic E-state index is 0.118. The molecule has 0 aliphatic heterocycles. The Morgan fingerprint density at radius 2 is 2.18 bits per heavy atom. The Kier molecular flexibility index (Phi) is 3.78. The standard InChI is InChI=1S/C12H12IN3O/c1-8-4-2-3-5-9(8)6-14-11-10(13)12(17)16-7-15-11/h2-5,7H,6H2,1H3,(H2,14,15,16,17). The lowest BCUT2D eigenvalue weighted by Crippen LogP contribution is -2.14. The van der Waals surface area contributed by atoms with E-state index in [9.17, 15) is 4.79 Å². The molecule has 0 radical (unpaired) electrons. The molecule has 4 nitrogen and oxygen atoms in total. The number of benzene rings is 1. The highest BCUT2D eigenvalue weighted by Crippen LogP contribution is 2.12. The molecule has 0 saturated heterocycles. The molecular weight excluding hydrogens is 329 g/mol. The van der Waals surface area contributed by atoms with Crippen molar-refractivity contribution in [1.29, 1.82) is 0 Å². The molecule has 1 heterocycles. The third kappa shape index (κ3) is 2.85. The molecule has 17 heavy (non-hydrogen) atoms. The normalized spacial score (nSPS) is 10.2. The highest BCUT2D eigenvalue weighted by atomic mass is 127. The predicted octanol–water partition coefficient (Wildman–Crippen LogP) is 2.30. The number of hydrogen-bond donors (Lipinski definition) is 2. The molecule has 0 spiro atoms. The summed E-state index contributed by atoms with van der Waals surface area (Å²) in [6, 6.07) is 8.13. The zero-order valence-corrected chi connectivity index (χ0v) is 11.5. The van der Waals surface area contributed by atoms with Crippen LogP contribution in [-0.2, 0) is 6.54 Å². The van der Waals surface area contributed by atoms with E-state index in [4.69, 9.17) is 0 Å². The quantitative estimate of drug-likeness (QED) is 0.843. The van der Waals surface area contributed by atoms with Crippen LogP contribution >= 0.6 is 22.6 Å². The summed E-state index contributed by atoms with van der Waals surface area (Å²) >= 11 is 1.99. The molecule has 0 bridgehead atoms. The van der Waals surface area contributed by atoms with Crippen LogP contribution in [0.1, 0.15) is 11.1 Å². The molecule has 0 unspecified atom stereocenters. The Morgan fingerprint density at radius 1 is 1.41 bits per heavy atom. The molecule has 0 fully saturated rings. The van der Waals surface area contributed by atoms with Crippen LogP contribution in [0.3, 0.4) is 0 Å². The van der Waals surface area contributed by atoms with Gasteiger partial charge < -0.3 is 10.3 Å². The lowest BCUT2D eigenvalue weighted by molar-refractivity contribution is 1.04. The number of aryl methyl sites for hydroxylation is 1. The van der Waals surface area contributed by atoms with Crippen molar-refractivity contribution in [2.24, 2.45) is 0 Å². The number of halogens is 1. The van der Waals surface area contributed by atoms with Crippen molar-refractivity contribution in [3.63, 3.8) is 0 Å². The first-order valence-electron chi connectivity index (χ1n) is 5.20. The fraction of sp³-hybridized carbons (Fsp3) is 0.167. The van der Waals surface area contributed by atoms with Crippen molar-refractivity contribution in [2.75, 3.05) is 5.32 Å². The van der Waals surface area contributed by atoms with Gasteiger partial charge in [0.25, 0.3) is 5.56 Å². The van der Waals surface area contributed by atoms with E-state index in [1.807, 2.05) is 34.7 Å². The van der Waals surface area contributed by atoms with Crippen molar-refractivity contribution in [3.05, 3.63) is 55.6 Å². The molecule has 2 N–H and O–H groups in total. The van der Waals surface area contributed by atoms with Crippen LogP contribution in [0.25, 0.3) is 0 Å². The molecule has 1 aromatic carbocycles. The van der Waals surface area contributed by atoms with Crippen molar-refractivity contribution in [1.82, 2.24) is 9.97 Å². The Hall–Kier alpha value is -1.37. The molecule has 1 aromatic heterocycles. The number of nitrogens with one attached hydrogen (secondary N) is 2.